The van der Waals surface area contributed by atoms with E-state index in [1.807, 2.05) is 24.3 Å². The smallest absolute Gasteiger partial charge is 0.123 e. The fourth-order valence-corrected chi connectivity index (χ4v) is 4.44. The minimum Gasteiger partial charge on any atom is -0.497 e. The third-order valence-corrected chi connectivity index (χ3v) is 6.26. The lowest BCUT2D eigenvalue weighted by molar-refractivity contribution is 0.130. The number of nitrogens with one attached hydrogen (secondary N) is 1. The summed E-state index contributed by atoms with van der Waals surface area (Å²) in [6.07, 6.45) is 3.08. The van der Waals surface area contributed by atoms with Crippen molar-refractivity contribution in [3.05, 3.63) is 34.8 Å². The molecule has 1 aromatic heterocycles. The predicted molar refractivity (Wildman–Crippen MR) is 98.6 cm³/mol. The molecule has 1 aromatic carbocycles. The van der Waals surface area contributed by atoms with E-state index in [0.717, 1.165) is 47.8 Å². The molecule has 0 aliphatic heterocycles. The third kappa shape index (κ3) is 3.79. The molecule has 1 saturated carbocycles. The van der Waals surface area contributed by atoms with Crippen LogP contribution in [0.15, 0.2) is 24.3 Å². The number of rotatable bonds is 6. The van der Waals surface area contributed by atoms with Crippen LogP contribution >= 0.6 is 11.3 Å². The van der Waals surface area contributed by atoms with E-state index in [9.17, 15) is 5.11 Å². The first-order chi connectivity index (χ1) is 11.6. The highest BCUT2D eigenvalue weighted by Gasteiger charge is 2.25. The molecule has 2 N–H and O–H groups in total. The molecular formula is C19H26N2O2S. The Hall–Kier alpha value is -1.43. The first-order valence-electron chi connectivity index (χ1n) is 8.61. The van der Waals surface area contributed by atoms with E-state index in [-0.39, 0.29) is 12.1 Å². The first-order valence-corrected chi connectivity index (χ1v) is 9.43. The van der Waals surface area contributed by atoms with Crippen molar-refractivity contribution in [3.63, 3.8) is 0 Å². The van der Waals surface area contributed by atoms with Crippen LogP contribution in [0.5, 0.6) is 5.75 Å². The fraction of sp³-hybridized carbons (Fsp3) is 0.526. The Balaban J connectivity index is 1.68. The van der Waals surface area contributed by atoms with Crippen molar-refractivity contribution in [2.45, 2.75) is 45.3 Å². The summed E-state index contributed by atoms with van der Waals surface area (Å²) in [5.41, 5.74) is 2.20. The zero-order valence-electron chi connectivity index (χ0n) is 14.6. The van der Waals surface area contributed by atoms with Crippen molar-refractivity contribution in [3.8, 4) is 16.3 Å². The maximum absolute atomic E-state index is 9.96. The van der Waals surface area contributed by atoms with Gasteiger partial charge >= 0.3 is 0 Å². The van der Waals surface area contributed by atoms with E-state index in [2.05, 4.69) is 19.2 Å². The van der Waals surface area contributed by atoms with Crippen LogP contribution in [0.25, 0.3) is 10.6 Å². The van der Waals surface area contributed by atoms with Crippen LogP contribution in [0.1, 0.15) is 42.8 Å². The maximum atomic E-state index is 9.96. The molecule has 1 fully saturated rings. The van der Waals surface area contributed by atoms with Crippen molar-refractivity contribution in [1.29, 1.82) is 0 Å². The monoisotopic (exact) mass is 346 g/mol. The highest BCUT2D eigenvalue weighted by atomic mass is 32.1. The number of hydrogen-bond donors (Lipinski definition) is 2. The molecule has 0 radical (unpaired) electrons. The zero-order chi connectivity index (χ0) is 17.1. The minimum absolute atomic E-state index is 0.137. The van der Waals surface area contributed by atoms with Crippen molar-refractivity contribution in [2.75, 3.05) is 13.7 Å². The molecule has 5 heteroatoms. The molecule has 2 aromatic rings. The summed E-state index contributed by atoms with van der Waals surface area (Å²) in [4.78, 5) is 6.01. The lowest BCUT2D eigenvalue weighted by atomic mass is 10.1. The molecule has 0 saturated heterocycles. The summed E-state index contributed by atoms with van der Waals surface area (Å²) in [6, 6.07) is 8.29. The van der Waals surface area contributed by atoms with E-state index in [1.165, 1.54) is 4.88 Å². The van der Waals surface area contributed by atoms with Gasteiger partial charge in [0, 0.05) is 23.0 Å². The molecule has 130 valence electrons. The van der Waals surface area contributed by atoms with Crippen LogP contribution in [-0.2, 0) is 0 Å². The normalized spacial score (nSPS) is 21.8. The molecule has 0 amide bonds. The molecule has 1 heterocycles. The quantitative estimate of drug-likeness (QED) is 0.832. The van der Waals surface area contributed by atoms with Crippen molar-refractivity contribution >= 4 is 11.3 Å². The van der Waals surface area contributed by atoms with Gasteiger partial charge in [0.05, 0.1) is 18.9 Å². The number of nitrogens with zero attached hydrogens (tertiary/aromatic N) is 1. The van der Waals surface area contributed by atoms with Gasteiger partial charge in [-0.15, -0.1) is 11.3 Å². The van der Waals surface area contributed by atoms with E-state index >= 15 is 0 Å². The predicted octanol–water partition coefficient (Wildman–Crippen LogP) is 3.94. The highest BCUT2D eigenvalue weighted by Crippen LogP contribution is 2.33. The van der Waals surface area contributed by atoms with Gasteiger partial charge < -0.3 is 15.2 Å². The average molecular weight is 346 g/mol. The molecule has 3 atom stereocenters. The number of aliphatic hydroxyl groups is 1. The van der Waals surface area contributed by atoms with Gasteiger partial charge in [0.1, 0.15) is 10.8 Å². The number of aryl methyl sites for hydroxylation is 1. The lowest BCUT2D eigenvalue weighted by Crippen LogP contribution is -2.29. The first kappa shape index (κ1) is 17.4. The Labute approximate surface area is 147 Å². The van der Waals surface area contributed by atoms with Crippen LogP contribution < -0.4 is 10.1 Å². The van der Waals surface area contributed by atoms with Gasteiger partial charge in [-0.25, -0.2) is 4.98 Å². The summed E-state index contributed by atoms with van der Waals surface area (Å²) >= 11 is 1.74. The molecule has 4 nitrogen and oxygen atoms in total. The molecular weight excluding hydrogens is 320 g/mol. The summed E-state index contributed by atoms with van der Waals surface area (Å²) < 4.78 is 5.21. The van der Waals surface area contributed by atoms with Crippen LogP contribution in [0.2, 0.25) is 0 Å². The standard InChI is InChI=1S/C19H26N2O2S/c1-12(20-11-15-5-4-6-17(15)22)18-13(2)21-19(24-18)14-7-9-16(23-3)10-8-14/h7-10,12,15,17,20,22H,4-6,11H2,1-3H3. The summed E-state index contributed by atoms with van der Waals surface area (Å²) in [6.45, 7) is 5.12. The molecule has 0 bridgehead atoms. The van der Waals surface area contributed by atoms with Gasteiger partial charge in [-0.05, 0) is 56.9 Å². The van der Waals surface area contributed by atoms with Crippen LogP contribution in [0, 0.1) is 12.8 Å². The summed E-state index contributed by atoms with van der Waals surface area (Å²) in [7, 11) is 1.68. The van der Waals surface area contributed by atoms with E-state index in [0.29, 0.717) is 5.92 Å². The van der Waals surface area contributed by atoms with E-state index < -0.39 is 0 Å². The number of ether oxygens (including phenoxy) is 1. The van der Waals surface area contributed by atoms with E-state index in [4.69, 9.17) is 9.72 Å². The van der Waals surface area contributed by atoms with Gasteiger partial charge in [0.25, 0.3) is 0 Å². The lowest BCUT2D eigenvalue weighted by Gasteiger charge is -2.19. The van der Waals surface area contributed by atoms with Crippen molar-refractivity contribution < 1.29 is 9.84 Å². The fourth-order valence-electron chi connectivity index (χ4n) is 3.34. The molecule has 1 aliphatic carbocycles. The Morgan fingerprint density at radius 3 is 2.71 bits per heavy atom. The molecule has 1 aliphatic rings. The van der Waals surface area contributed by atoms with Gasteiger partial charge in [-0.1, -0.05) is 6.42 Å². The Morgan fingerprint density at radius 2 is 2.08 bits per heavy atom. The molecule has 24 heavy (non-hydrogen) atoms. The minimum atomic E-state index is -0.137. The topological polar surface area (TPSA) is 54.4 Å². The third-order valence-electron chi connectivity index (χ3n) is 4.87. The summed E-state index contributed by atoms with van der Waals surface area (Å²) in [5, 5.41) is 14.6. The van der Waals surface area contributed by atoms with Gasteiger partial charge in [-0.2, -0.15) is 0 Å². The number of aromatic nitrogens is 1. The number of aliphatic hydroxyl groups excluding tert-OH is 1. The van der Waals surface area contributed by atoms with Crippen molar-refractivity contribution in [2.24, 2.45) is 5.92 Å². The Morgan fingerprint density at radius 1 is 1.33 bits per heavy atom. The second-order valence-electron chi connectivity index (χ2n) is 6.59. The van der Waals surface area contributed by atoms with Gasteiger partial charge in [0.15, 0.2) is 0 Å². The summed E-state index contributed by atoms with van der Waals surface area (Å²) in [5.74, 6) is 1.25. The number of thiazole rings is 1. The maximum Gasteiger partial charge on any atom is 0.123 e. The Kier molecular flexibility index (Phi) is 5.54. The second kappa shape index (κ2) is 7.64. The van der Waals surface area contributed by atoms with Gasteiger partial charge in [0.2, 0.25) is 0 Å². The zero-order valence-corrected chi connectivity index (χ0v) is 15.4. The van der Waals surface area contributed by atoms with Crippen LogP contribution in [-0.4, -0.2) is 29.8 Å². The molecule has 3 unspecified atom stereocenters. The SMILES string of the molecule is COc1ccc(-c2nc(C)c(C(C)NCC3CCCC3O)s2)cc1. The van der Waals surface area contributed by atoms with Crippen molar-refractivity contribution in [1.82, 2.24) is 10.3 Å². The number of benzene rings is 1. The van der Waals surface area contributed by atoms with Crippen LogP contribution in [0.3, 0.4) is 0 Å². The number of hydrogen-bond acceptors (Lipinski definition) is 5. The largest absolute Gasteiger partial charge is 0.497 e. The average Bonchev–Trinajstić information content (AvgIpc) is 3.18. The van der Waals surface area contributed by atoms with E-state index in [1.54, 1.807) is 18.4 Å². The second-order valence-corrected chi connectivity index (χ2v) is 7.62. The number of methoxy groups -OCH3 is 1. The molecule has 0 spiro atoms. The molecule has 3 rings (SSSR count). The Bertz CT molecular complexity index is 669. The van der Waals surface area contributed by atoms with Crippen LogP contribution in [0.4, 0.5) is 0 Å². The van der Waals surface area contributed by atoms with Gasteiger partial charge in [-0.3, -0.25) is 0 Å². The highest BCUT2D eigenvalue weighted by molar-refractivity contribution is 7.15.